The van der Waals surface area contributed by atoms with E-state index in [9.17, 15) is 9.59 Å². The molecule has 0 bridgehead atoms. The Morgan fingerprint density at radius 2 is 2.10 bits per heavy atom. The number of benzene rings is 1. The lowest BCUT2D eigenvalue weighted by Crippen LogP contribution is -2.32. The molecule has 8 heteroatoms. The summed E-state index contributed by atoms with van der Waals surface area (Å²) in [6.45, 7) is 2.31. The van der Waals surface area contributed by atoms with Crippen LogP contribution in [0.3, 0.4) is 0 Å². The van der Waals surface area contributed by atoms with Crippen LogP contribution in [0.15, 0.2) is 54.2 Å². The van der Waals surface area contributed by atoms with Crippen LogP contribution in [-0.2, 0) is 20.7 Å². The van der Waals surface area contributed by atoms with E-state index in [-0.39, 0.29) is 18.9 Å². The van der Waals surface area contributed by atoms with Gasteiger partial charge in [0.15, 0.2) is 6.61 Å². The summed E-state index contributed by atoms with van der Waals surface area (Å²) in [5.41, 5.74) is 2.60. The first-order valence-electron chi connectivity index (χ1n) is 9.07. The molecule has 1 aromatic carbocycles. The largest absolute Gasteiger partial charge is 0.492 e. The Kier molecular flexibility index (Phi) is 7.29. The third-order valence-electron chi connectivity index (χ3n) is 3.83. The van der Waals surface area contributed by atoms with Crippen molar-refractivity contribution in [3.05, 3.63) is 65.4 Å². The lowest BCUT2D eigenvalue weighted by molar-refractivity contribution is -0.147. The predicted molar refractivity (Wildman–Crippen MR) is 110 cm³/mol. The first kappa shape index (κ1) is 20.5. The van der Waals surface area contributed by atoms with Crippen LogP contribution < -0.4 is 10.1 Å². The predicted octanol–water partition coefficient (Wildman–Crippen LogP) is 2.79. The molecule has 1 N–H and O–H groups in total. The van der Waals surface area contributed by atoms with Gasteiger partial charge in [-0.2, -0.15) is 0 Å². The van der Waals surface area contributed by atoms with Crippen LogP contribution in [0, 0.1) is 6.92 Å². The van der Waals surface area contributed by atoms with Crippen molar-refractivity contribution in [3.8, 4) is 16.3 Å². The Bertz CT molecular complexity index is 959. The van der Waals surface area contributed by atoms with Crippen molar-refractivity contribution in [1.29, 1.82) is 0 Å². The number of esters is 1. The molecule has 7 nitrogen and oxygen atoms in total. The van der Waals surface area contributed by atoms with Crippen LogP contribution in [0.2, 0.25) is 0 Å². The molecule has 29 heavy (non-hydrogen) atoms. The Morgan fingerprint density at radius 1 is 1.21 bits per heavy atom. The first-order valence-corrected chi connectivity index (χ1v) is 9.95. The summed E-state index contributed by atoms with van der Waals surface area (Å²) >= 11 is 1.43. The summed E-state index contributed by atoms with van der Waals surface area (Å²) in [5, 5.41) is 5.23. The van der Waals surface area contributed by atoms with Gasteiger partial charge < -0.3 is 14.8 Å². The lowest BCUT2D eigenvalue weighted by Gasteiger charge is -2.08. The molecule has 0 atom stereocenters. The number of thiazole rings is 1. The monoisotopic (exact) mass is 411 g/mol. The van der Waals surface area contributed by atoms with Gasteiger partial charge in [0.25, 0.3) is 5.91 Å². The minimum absolute atomic E-state index is 0.0144. The molecule has 0 radical (unpaired) electrons. The number of hydrogen-bond acceptors (Lipinski definition) is 7. The van der Waals surface area contributed by atoms with Gasteiger partial charge in [-0.05, 0) is 36.8 Å². The average molecular weight is 411 g/mol. The number of carbonyl (C=O) groups is 2. The molecule has 150 valence electrons. The van der Waals surface area contributed by atoms with E-state index in [0.717, 1.165) is 21.9 Å². The van der Waals surface area contributed by atoms with Gasteiger partial charge in [-0.15, -0.1) is 11.3 Å². The van der Waals surface area contributed by atoms with Gasteiger partial charge in [-0.1, -0.05) is 12.1 Å². The zero-order valence-corrected chi connectivity index (χ0v) is 16.8. The molecule has 0 spiro atoms. The van der Waals surface area contributed by atoms with Gasteiger partial charge in [0.1, 0.15) is 17.4 Å². The zero-order chi connectivity index (χ0) is 20.5. The van der Waals surface area contributed by atoms with Crippen molar-refractivity contribution in [1.82, 2.24) is 15.3 Å². The highest BCUT2D eigenvalue weighted by Crippen LogP contribution is 2.22. The normalized spacial score (nSPS) is 10.4. The van der Waals surface area contributed by atoms with Crippen LogP contribution in [0.25, 0.3) is 10.6 Å². The van der Waals surface area contributed by atoms with E-state index in [1.807, 2.05) is 43.3 Å². The highest BCUT2D eigenvalue weighted by molar-refractivity contribution is 7.13. The molecule has 0 aliphatic carbocycles. The second-order valence-corrected chi connectivity index (χ2v) is 7.10. The SMILES string of the molecule is Cc1cccc(OCCNC(=O)COC(=O)Cc2csc(-c3cccnc3)n2)c1. The average Bonchev–Trinajstić information content (AvgIpc) is 3.19. The van der Waals surface area contributed by atoms with E-state index >= 15 is 0 Å². The number of nitrogens with one attached hydrogen (secondary N) is 1. The summed E-state index contributed by atoms with van der Waals surface area (Å²) in [7, 11) is 0. The number of ether oxygens (including phenoxy) is 2. The maximum atomic E-state index is 11.9. The van der Waals surface area contributed by atoms with E-state index < -0.39 is 5.97 Å². The van der Waals surface area contributed by atoms with Gasteiger partial charge in [-0.25, -0.2) is 4.98 Å². The maximum Gasteiger partial charge on any atom is 0.312 e. The van der Waals surface area contributed by atoms with Crippen molar-refractivity contribution < 1.29 is 19.1 Å². The van der Waals surface area contributed by atoms with Crippen LogP contribution in [0.5, 0.6) is 5.75 Å². The van der Waals surface area contributed by atoms with E-state index in [4.69, 9.17) is 9.47 Å². The molecule has 0 aliphatic rings. The lowest BCUT2D eigenvalue weighted by atomic mass is 10.2. The molecule has 3 rings (SSSR count). The van der Waals surface area contributed by atoms with Crippen LogP contribution in [0.4, 0.5) is 0 Å². The summed E-state index contributed by atoms with van der Waals surface area (Å²) in [6, 6.07) is 11.4. The standard InChI is InChI=1S/C21H21N3O4S/c1-15-4-2-6-18(10-15)27-9-8-23-19(25)13-28-20(26)11-17-14-29-21(24-17)16-5-3-7-22-12-16/h2-7,10,12,14H,8-9,11,13H2,1H3,(H,23,25). The summed E-state index contributed by atoms with van der Waals surface area (Å²) in [5.74, 6) is -0.126. The molecule has 0 saturated carbocycles. The number of amides is 1. The minimum Gasteiger partial charge on any atom is -0.492 e. The van der Waals surface area contributed by atoms with Crippen LogP contribution in [-0.4, -0.2) is 41.6 Å². The van der Waals surface area contributed by atoms with Crippen molar-refractivity contribution in [2.24, 2.45) is 0 Å². The van der Waals surface area contributed by atoms with Crippen molar-refractivity contribution in [3.63, 3.8) is 0 Å². The van der Waals surface area contributed by atoms with Gasteiger partial charge in [0.05, 0.1) is 18.7 Å². The van der Waals surface area contributed by atoms with Crippen molar-refractivity contribution in [2.75, 3.05) is 19.8 Å². The Hall–Kier alpha value is -3.26. The third-order valence-corrected chi connectivity index (χ3v) is 4.77. The van der Waals surface area contributed by atoms with E-state index in [1.54, 1.807) is 17.8 Å². The van der Waals surface area contributed by atoms with Gasteiger partial charge in [-0.3, -0.25) is 14.6 Å². The second-order valence-electron chi connectivity index (χ2n) is 6.24. The highest BCUT2D eigenvalue weighted by Gasteiger charge is 2.12. The molecule has 3 aromatic rings. The number of aromatic nitrogens is 2. The van der Waals surface area contributed by atoms with E-state index in [2.05, 4.69) is 15.3 Å². The number of aryl methyl sites for hydroxylation is 1. The van der Waals surface area contributed by atoms with Crippen molar-refractivity contribution in [2.45, 2.75) is 13.3 Å². The number of rotatable bonds is 9. The molecule has 2 heterocycles. The third kappa shape index (κ3) is 6.69. The Labute approximate surface area is 172 Å². The molecule has 0 unspecified atom stereocenters. The first-order chi connectivity index (χ1) is 14.1. The molecule has 2 aromatic heterocycles. The number of carbonyl (C=O) groups excluding carboxylic acids is 2. The van der Waals surface area contributed by atoms with Crippen LogP contribution >= 0.6 is 11.3 Å². The smallest absolute Gasteiger partial charge is 0.312 e. The minimum atomic E-state index is -0.501. The van der Waals surface area contributed by atoms with Crippen LogP contribution in [0.1, 0.15) is 11.3 Å². The van der Waals surface area contributed by atoms with E-state index in [1.165, 1.54) is 11.3 Å². The summed E-state index contributed by atoms with van der Waals surface area (Å²) < 4.78 is 10.6. The number of nitrogens with zero attached hydrogens (tertiary/aromatic N) is 2. The molecule has 1 amide bonds. The summed E-state index contributed by atoms with van der Waals surface area (Å²) in [6.07, 6.45) is 3.42. The molecule has 0 saturated heterocycles. The van der Waals surface area contributed by atoms with Crippen molar-refractivity contribution >= 4 is 23.2 Å². The Morgan fingerprint density at radius 3 is 2.90 bits per heavy atom. The topological polar surface area (TPSA) is 90.4 Å². The molecular weight excluding hydrogens is 390 g/mol. The van der Waals surface area contributed by atoms with E-state index in [0.29, 0.717) is 18.8 Å². The fraction of sp³-hybridized carbons (Fsp3) is 0.238. The zero-order valence-electron chi connectivity index (χ0n) is 16.0. The maximum absolute atomic E-state index is 11.9. The fourth-order valence-electron chi connectivity index (χ4n) is 2.47. The molecule has 0 aliphatic heterocycles. The van der Waals surface area contributed by atoms with Gasteiger partial charge in [0.2, 0.25) is 0 Å². The van der Waals surface area contributed by atoms with Gasteiger partial charge in [0, 0.05) is 23.3 Å². The fourth-order valence-corrected chi connectivity index (χ4v) is 3.28. The number of hydrogen-bond donors (Lipinski definition) is 1. The quantitative estimate of drug-likeness (QED) is 0.430. The molecular formula is C21H21N3O4S. The second kappa shape index (κ2) is 10.3. The summed E-state index contributed by atoms with van der Waals surface area (Å²) in [4.78, 5) is 32.2. The Balaban J connectivity index is 1.34. The molecule has 0 fully saturated rings. The van der Waals surface area contributed by atoms with Gasteiger partial charge >= 0.3 is 5.97 Å². The number of pyridine rings is 1. The highest BCUT2D eigenvalue weighted by atomic mass is 32.1.